The van der Waals surface area contributed by atoms with E-state index in [1.54, 1.807) is 0 Å². The first-order chi connectivity index (χ1) is 10.9. The average Bonchev–Trinajstić information content (AvgIpc) is 2.48. The summed E-state index contributed by atoms with van der Waals surface area (Å²) in [6.07, 6.45) is -9.56. The Hall–Kier alpha value is -1.90. The Morgan fingerprint density at radius 1 is 0.708 bits per heavy atom. The van der Waals surface area contributed by atoms with Gasteiger partial charge < -0.3 is 10.2 Å². The Bertz CT molecular complexity index is 612. The van der Waals surface area contributed by atoms with Crippen LogP contribution in [0.1, 0.15) is 16.7 Å². The number of phenolic OH excluding ortho intramolecular Hbond substituents is 2. The number of halogens is 7. The van der Waals surface area contributed by atoms with Crippen molar-refractivity contribution < 1.29 is 36.6 Å². The Balaban J connectivity index is 0.000000300. The van der Waals surface area contributed by atoms with E-state index in [-0.39, 0.29) is 28.5 Å². The minimum absolute atomic E-state index is 0.0675. The maximum atomic E-state index is 12.3. The first-order valence-electron chi connectivity index (χ1n) is 6.26. The molecule has 0 aliphatic carbocycles. The molecule has 0 amide bonds. The minimum Gasteiger partial charge on any atom is -0.508 e. The van der Waals surface area contributed by atoms with Crippen molar-refractivity contribution in [3.05, 3.63) is 59.2 Å². The lowest BCUT2D eigenvalue weighted by Gasteiger charge is -2.13. The third kappa shape index (κ3) is 6.31. The van der Waals surface area contributed by atoms with Gasteiger partial charge in [-0.3, -0.25) is 0 Å². The second-order valence-electron chi connectivity index (χ2n) is 4.56. The van der Waals surface area contributed by atoms with Gasteiger partial charge in [-0.1, -0.05) is 15.9 Å². The summed E-state index contributed by atoms with van der Waals surface area (Å²) >= 11 is 2.82. The molecule has 0 bridgehead atoms. The highest BCUT2D eigenvalue weighted by molar-refractivity contribution is 9.08. The van der Waals surface area contributed by atoms with Crippen molar-refractivity contribution in [2.24, 2.45) is 0 Å². The Kier molecular flexibility index (Phi) is 6.53. The average molecular weight is 417 g/mol. The van der Waals surface area contributed by atoms with E-state index in [4.69, 9.17) is 10.2 Å². The zero-order valence-electron chi connectivity index (χ0n) is 11.8. The zero-order valence-corrected chi connectivity index (χ0v) is 13.4. The van der Waals surface area contributed by atoms with Crippen LogP contribution in [0.4, 0.5) is 26.3 Å². The molecule has 0 aromatic heterocycles. The Morgan fingerprint density at radius 2 is 1.04 bits per heavy atom. The molecule has 132 valence electrons. The van der Waals surface area contributed by atoms with Crippen molar-refractivity contribution >= 4 is 15.9 Å². The third-order valence-electron chi connectivity index (χ3n) is 2.65. The van der Waals surface area contributed by atoms with Gasteiger partial charge >= 0.3 is 12.4 Å². The van der Waals surface area contributed by atoms with E-state index in [2.05, 4.69) is 15.9 Å². The van der Waals surface area contributed by atoms with Crippen LogP contribution >= 0.6 is 15.9 Å². The third-order valence-corrected chi connectivity index (χ3v) is 3.30. The van der Waals surface area contributed by atoms with Gasteiger partial charge in [0.1, 0.15) is 11.5 Å². The number of aromatic hydroxyl groups is 2. The first kappa shape index (κ1) is 20.1. The van der Waals surface area contributed by atoms with Crippen LogP contribution in [0.25, 0.3) is 0 Å². The van der Waals surface area contributed by atoms with E-state index in [1.807, 2.05) is 0 Å². The van der Waals surface area contributed by atoms with Crippen molar-refractivity contribution in [2.45, 2.75) is 17.7 Å². The molecule has 0 saturated carbocycles. The number of phenols is 2. The van der Waals surface area contributed by atoms with Crippen LogP contribution < -0.4 is 0 Å². The van der Waals surface area contributed by atoms with Gasteiger partial charge in [0.15, 0.2) is 0 Å². The molecular formula is C15H11BrF6O2. The lowest BCUT2D eigenvalue weighted by molar-refractivity contribution is -0.143. The van der Waals surface area contributed by atoms with E-state index in [1.165, 1.54) is 24.3 Å². The van der Waals surface area contributed by atoms with E-state index < -0.39 is 23.5 Å². The molecule has 0 saturated heterocycles. The first-order valence-corrected chi connectivity index (χ1v) is 7.38. The summed E-state index contributed by atoms with van der Waals surface area (Å²) < 4.78 is 73.7. The molecule has 0 spiro atoms. The summed E-state index contributed by atoms with van der Waals surface area (Å²) in [6.45, 7) is 0. The highest BCUT2D eigenvalue weighted by atomic mass is 79.9. The molecule has 2 aromatic carbocycles. The lowest BCUT2D eigenvalue weighted by atomic mass is 10.1. The molecule has 24 heavy (non-hydrogen) atoms. The number of hydrogen-bond donors (Lipinski definition) is 2. The molecule has 0 fully saturated rings. The van der Waals surface area contributed by atoms with Crippen LogP contribution in [0.5, 0.6) is 11.5 Å². The van der Waals surface area contributed by atoms with Crippen LogP contribution in [0.2, 0.25) is 0 Å². The highest BCUT2D eigenvalue weighted by Gasteiger charge is 2.36. The molecule has 0 aliphatic rings. The van der Waals surface area contributed by atoms with Gasteiger partial charge in [-0.2, -0.15) is 26.3 Å². The predicted octanol–water partition coefficient (Wildman–Crippen LogP) is 5.72. The monoisotopic (exact) mass is 416 g/mol. The predicted molar refractivity (Wildman–Crippen MR) is 78.8 cm³/mol. The summed E-state index contributed by atoms with van der Waals surface area (Å²) in [5, 5.41) is 17.2. The van der Waals surface area contributed by atoms with Crippen LogP contribution in [0.15, 0.2) is 42.5 Å². The van der Waals surface area contributed by atoms with E-state index in [0.717, 1.165) is 0 Å². The molecule has 2 aromatic rings. The van der Waals surface area contributed by atoms with Crippen molar-refractivity contribution in [1.29, 1.82) is 0 Å². The van der Waals surface area contributed by atoms with Crippen LogP contribution in [0.3, 0.4) is 0 Å². The van der Waals surface area contributed by atoms with Crippen LogP contribution in [-0.2, 0) is 17.7 Å². The number of hydrogen-bond acceptors (Lipinski definition) is 2. The van der Waals surface area contributed by atoms with Gasteiger partial charge in [0.25, 0.3) is 0 Å². The molecular weight excluding hydrogens is 406 g/mol. The topological polar surface area (TPSA) is 40.5 Å². The Morgan fingerprint density at radius 3 is 1.29 bits per heavy atom. The van der Waals surface area contributed by atoms with E-state index in [9.17, 15) is 26.3 Å². The molecule has 0 unspecified atom stereocenters. The SMILES string of the molecule is FC(F)(F)c1cc(CBr)cc(C(F)(F)F)c1.Oc1ccc(O)cc1. The molecule has 9 heteroatoms. The van der Waals surface area contributed by atoms with Crippen molar-refractivity contribution in [2.75, 3.05) is 0 Å². The molecule has 0 aliphatic heterocycles. The van der Waals surface area contributed by atoms with Crippen molar-refractivity contribution in [3.63, 3.8) is 0 Å². The van der Waals surface area contributed by atoms with Gasteiger partial charge in [0.2, 0.25) is 0 Å². The number of rotatable bonds is 1. The van der Waals surface area contributed by atoms with Gasteiger partial charge in [-0.15, -0.1) is 0 Å². The lowest BCUT2D eigenvalue weighted by Crippen LogP contribution is -2.11. The van der Waals surface area contributed by atoms with Crippen LogP contribution in [-0.4, -0.2) is 10.2 Å². The van der Waals surface area contributed by atoms with Crippen molar-refractivity contribution in [1.82, 2.24) is 0 Å². The van der Waals surface area contributed by atoms with Gasteiger partial charge in [-0.05, 0) is 48.0 Å². The molecule has 2 rings (SSSR count). The van der Waals surface area contributed by atoms with Crippen LogP contribution in [0, 0.1) is 0 Å². The standard InChI is InChI=1S/C9H5BrF6.C6H6O2/c10-4-5-1-6(8(11,12)13)3-7(2-5)9(14,15)16;7-5-1-2-6(8)4-3-5/h1-3H,4H2;1-4,7-8H. The Labute approximate surface area is 141 Å². The fourth-order valence-corrected chi connectivity index (χ4v) is 1.87. The van der Waals surface area contributed by atoms with Crippen molar-refractivity contribution in [3.8, 4) is 11.5 Å². The summed E-state index contributed by atoms with van der Waals surface area (Å²) in [4.78, 5) is 0. The fraction of sp³-hybridized carbons (Fsp3) is 0.200. The molecule has 2 N–H and O–H groups in total. The zero-order chi connectivity index (χ0) is 18.5. The second-order valence-corrected chi connectivity index (χ2v) is 5.12. The van der Waals surface area contributed by atoms with Gasteiger partial charge in [-0.25, -0.2) is 0 Å². The molecule has 2 nitrogen and oxygen atoms in total. The molecule has 0 heterocycles. The summed E-state index contributed by atoms with van der Waals surface area (Å²) in [7, 11) is 0. The largest absolute Gasteiger partial charge is 0.508 e. The summed E-state index contributed by atoms with van der Waals surface area (Å²) in [5.41, 5.74) is -2.66. The summed E-state index contributed by atoms with van der Waals surface area (Å²) in [6, 6.07) is 7.18. The maximum Gasteiger partial charge on any atom is 0.416 e. The molecule has 0 radical (unpaired) electrons. The molecule has 0 atom stereocenters. The van der Waals surface area contributed by atoms with Gasteiger partial charge in [0.05, 0.1) is 11.1 Å². The fourth-order valence-electron chi connectivity index (χ4n) is 1.55. The number of alkyl halides is 7. The smallest absolute Gasteiger partial charge is 0.416 e. The quantitative estimate of drug-likeness (QED) is 0.354. The maximum absolute atomic E-state index is 12.3. The van der Waals surface area contributed by atoms with E-state index in [0.29, 0.717) is 12.1 Å². The highest BCUT2D eigenvalue weighted by Crippen LogP contribution is 2.36. The normalized spacial score (nSPS) is 11.6. The summed E-state index contributed by atoms with van der Waals surface area (Å²) in [5.74, 6) is 0.339. The van der Waals surface area contributed by atoms with Gasteiger partial charge in [0, 0.05) is 5.33 Å². The van der Waals surface area contributed by atoms with E-state index >= 15 is 0 Å². The number of benzene rings is 2. The minimum atomic E-state index is -4.78. The second kappa shape index (κ2) is 7.78.